The predicted molar refractivity (Wildman–Crippen MR) is 80.6 cm³/mol. The van der Waals surface area contributed by atoms with Crippen LogP contribution in [0.15, 0.2) is 48.5 Å². The van der Waals surface area contributed by atoms with Crippen molar-refractivity contribution in [3.8, 4) is 5.75 Å². The van der Waals surface area contributed by atoms with Crippen LogP contribution < -0.4 is 10.1 Å². The van der Waals surface area contributed by atoms with E-state index in [1.807, 2.05) is 30.3 Å². The molecule has 0 aliphatic carbocycles. The summed E-state index contributed by atoms with van der Waals surface area (Å²) < 4.78 is 19.0. The van der Waals surface area contributed by atoms with Crippen molar-refractivity contribution in [1.29, 1.82) is 0 Å². The molecule has 3 heteroatoms. The van der Waals surface area contributed by atoms with E-state index in [-0.39, 0.29) is 5.82 Å². The third kappa shape index (κ3) is 4.26. The second-order valence-corrected chi connectivity index (χ2v) is 4.68. The molecule has 0 atom stereocenters. The molecule has 2 nitrogen and oxygen atoms in total. The number of hydrogen-bond acceptors (Lipinski definition) is 2. The highest BCUT2D eigenvalue weighted by molar-refractivity contribution is 5.45. The molecule has 2 rings (SSSR count). The number of para-hydroxylation sites is 1. The minimum atomic E-state index is -0.230. The maximum Gasteiger partial charge on any atom is 0.146 e. The molecule has 0 heterocycles. The van der Waals surface area contributed by atoms with Gasteiger partial charge < -0.3 is 10.1 Å². The normalized spacial score (nSPS) is 10.3. The zero-order valence-electron chi connectivity index (χ0n) is 11.7. The summed E-state index contributed by atoms with van der Waals surface area (Å²) in [6.07, 6.45) is 2.20. The Labute approximate surface area is 119 Å². The Bertz CT molecular complexity index is 525. The summed E-state index contributed by atoms with van der Waals surface area (Å²) in [7, 11) is 0. The molecule has 20 heavy (non-hydrogen) atoms. The fourth-order valence-corrected chi connectivity index (χ4v) is 1.84. The van der Waals surface area contributed by atoms with Gasteiger partial charge in [0.25, 0.3) is 0 Å². The summed E-state index contributed by atoms with van der Waals surface area (Å²) in [5.41, 5.74) is 1.62. The first kappa shape index (κ1) is 14.4. The van der Waals surface area contributed by atoms with Crippen LogP contribution in [0, 0.1) is 5.82 Å². The highest BCUT2D eigenvalue weighted by Gasteiger charge is 2.00. The summed E-state index contributed by atoms with van der Waals surface area (Å²) in [5, 5.41) is 3.09. The third-order valence-corrected chi connectivity index (χ3v) is 3.05. The van der Waals surface area contributed by atoms with Gasteiger partial charge >= 0.3 is 0 Å². The van der Waals surface area contributed by atoms with Crippen molar-refractivity contribution in [2.75, 3.05) is 11.9 Å². The van der Waals surface area contributed by atoms with Crippen LogP contribution >= 0.6 is 0 Å². The summed E-state index contributed by atoms with van der Waals surface area (Å²) in [5.74, 6) is 0.653. The average molecular weight is 273 g/mol. The number of nitrogens with one attached hydrogen (secondary N) is 1. The Morgan fingerprint density at radius 1 is 1.05 bits per heavy atom. The van der Waals surface area contributed by atoms with Crippen molar-refractivity contribution in [3.05, 3.63) is 59.9 Å². The molecule has 0 saturated carbocycles. The van der Waals surface area contributed by atoms with Crippen molar-refractivity contribution >= 4 is 5.69 Å². The zero-order chi connectivity index (χ0) is 14.2. The van der Waals surface area contributed by atoms with E-state index >= 15 is 0 Å². The zero-order valence-corrected chi connectivity index (χ0v) is 11.7. The van der Waals surface area contributed by atoms with Crippen molar-refractivity contribution in [3.63, 3.8) is 0 Å². The van der Waals surface area contributed by atoms with Crippen LogP contribution in [0.4, 0.5) is 10.1 Å². The van der Waals surface area contributed by atoms with Gasteiger partial charge in [-0.05, 0) is 36.2 Å². The fourth-order valence-electron chi connectivity index (χ4n) is 1.84. The van der Waals surface area contributed by atoms with Crippen LogP contribution in [0.1, 0.15) is 25.3 Å². The summed E-state index contributed by atoms with van der Waals surface area (Å²) in [4.78, 5) is 0. The molecule has 0 aromatic heterocycles. The molecule has 0 aliphatic rings. The molecule has 0 aliphatic heterocycles. The van der Waals surface area contributed by atoms with Crippen LogP contribution in [0.5, 0.6) is 5.75 Å². The smallest absolute Gasteiger partial charge is 0.146 e. The van der Waals surface area contributed by atoms with E-state index in [2.05, 4.69) is 12.2 Å². The fraction of sp³-hybridized carbons (Fsp3) is 0.294. The van der Waals surface area contributed by atoms with E-state index in [0.29, 0.717) is 12.2 Å². The van der Waals surface area contributed by atoms with Gasteiger partial charge in [-0.15, -0.1) is 0 Å². The van der Waals surface area contributed by atoms with Gasteiger partial charge in [-0.3, -0.25) is 0 Å². The summed E-state index contributed by atoms with van der Waals surface area (Å²) in [6, 6.07) is 14.6. The molecular formula is C17H20FNO. The highest BCUT2D eigenvalue weighted by Crippen LogP contribution is 2.16. The highest BCUT2D eigenvalue weighted by atomic mass is 19.1. The van der Waals surface area contributed by atoms with Crippen LogP contribution in [-0.4, -0.2) is 6.61 Å². The van der Waals surface area contributed by atoms with Gasteiger partial charge in [-0.2, -0.15) is 0 Å². The Hall–Kier alpha value is -2.03. The second kappa shape index (κ2) is 7.53. The van der Waals surface area contributed by atoms with E-state index in [1.54, 1.807) is 12.1 Å². The van der Waals surface area contributed by atoms with Crippen LogP contribution in [0.25, 0.3) is 0 Å². The SMILES string of the molecule is CCCCOc1ccc(CNc2ccccc2F)cc1. The van der Waals surface area contributed by atoms with Gasteiger partial charge in [0.2, 0.25) is 0 Å². The van der Waals surface area contributed by atoms with Crippen molar-refractivity contribution in [1.82, 2.24) is 0 Å². The summed E-state index contributed by atoms with van der Waals surface area (Å²) >= 11 is 0. The summed E-state index contributed by atoms with van der Waals surface area (Å²) in [6.45, 7) is 3.49. The number of halogens is 1. The lowest BCUT2D eigenvalue weighted by Crippen LogP contribution is -2.01. The third-order valence-electron chi connectivity index (χ3n) is 3.05. The molecule has 106 valence electrons. The molecule has 0 unspecified atom stereocenters. The molecular weight excluding hydrogens is 253 g/mol. The van der Waals surface area contributed by atoms with Crippen LogP contribution in [0.3, 0.4) is 0 Å². The first-order chi connectivity index (χ1) is 9.79. The number of rotatable bonds is 7. The Kier molecular flexibility index (Phi) is 5.42. The standard InChI is InChI=1S/C17H20FNO/c1-2-3-12-20-15-10-8-14(9-11-15)13-19-17-7-5-4-6-16(17)18/h4-11,19H,2-3,12-13H2,1H3. The van der Waals surface area contributed by atoms with E-state index in [9.17, 15) is 4.39 Å². The Morgan fingerprint density at radius 2 is 1.80 bits per heavy atom. The largest absolute Gasteiger partial charge is 0.494 e. The monoisotopic (exact) mass is 273 g/mol. The van der Waals surface area contributed by atoms with Crippen molar-refractivity contribution < 1.29 is 9.13 Å². The van der Waals surface area contributed by atoms with Gasteiger partial charge in [0, 0.05) is 6.54 Å². The lowest BCUT2D eigenvalue weighted by molar-refractivity contribution is 0.309. The van der Waals surface area contributed by atoms with Gasteiger partial charge in [0.15, 0.2) is 0 Å². The molecule has 0 bridgehead atoms. The molecule has 0 fully saturated rings. The Morgan fingerprint density at radius 3 is 2.50 bits per heavy atom. The molecule has 0 radical (unpaired) electrons. The quantitative estimate of drug-likeness (QED) is 0.743. The Balaban J connectivity index is 1.86. The van der Waals surface area contributed by atoms with Crippen LogP contribution in [-0.2, 0) is 6.54 Å². The minimum absolute atomic E-state index is 0.230. The number of anilines is 1. The molecule has 0 spiro atoms. The van der Waals surface area contributed by atoms with E-state index in [0.717, 1.165) is 30.8 Å². The van der Waals surface area contributed by atoms with Gasteiger partial charge in [0.1, 0.15) is 11.6 Å². The predicted octanol–water partition coefficient (Wildman–Crippen LogP) is 4.62. The van der Waals surface area contributed by atoms with Crippen molar-refractivity contribution in [2.24, 2.45) is 0 Å². The van der Waals surface area contributed by atoms with Gasteiger partial charge in [0.05, 0.1) is 12.3 Å². The molecule has 0 amide bonds. The second-order valence-electron chi connectivity index (χ2n) is 4.68. The minimum Gasteiger partial charge on any atom is -0.494 e. The van der Waals surface area contributed by atoms with Crippen LogP contribution in [0.2, 0.25) is 0 Å². The van der Waals surface area contributed by atoms with Gasteiger partial charge in [-0.1, -0.05) is 37.6 Å². The maximum atomic E-state index is 13.4. The average Bonchev–Trinajstić information content (AvgIpc) is 2.48. The first-order valence-corrected chi connectivity index (χ1v) is 6.99. The molecule has 0 saturated heterocycles. The first-order valence-electron chi connectivity index (χ1n) is 6.99. The van der Waals surface area contributed by atoms with E-state index < -0.39 is 0 Å². The number of benzene rings is 2. The number of ether oxygens (including phenoxy) is 1. The lowest BCUT2D eigenvalue weighted by Gasteiger charge is -2.09. The lowest BCUT2D eigenvalue weighted by atomic mass is 10.2. The number of unbranched alkanes of at least 4 members (excludes halogenated alkanes) is 1. The molecule has 1 N–H and O–H groups in total. The van der Waals surface area contributed by atoms with E-state index in [1.165, 1.54) is 6.07 Å². The van der Waals surface area contributed by atoms with Gasteiger partial charge in [-0.25, -0.2) is 4.39 Å². The van der Waals surface area contributed by atoms with E-state index in [4.69, 9.17) is 4.74 Å². The topological polar surface area (TPSA) is 21.3 Å². The molecule has 2 aromatic rings. The molecule has 2 aromatic carbocycles. The van der Waals surface area contributed by atoms with Crippen molar-refractivity contribution in [2.45, 2.75) is 26.3 Å². The number of hydrogen-bond donors (Lipinski definition) is 1. The maximum absolute atomic E-state index is 13.4.